The van der Waals surface area contributed by atoms with Gasteiger partial charge in [-0.1, -0.05) is 18.9 Å². The van der Waals surface area contributed by atoms with Crippen molar-refractivity contribution in [3.05, 3.63) is 48.0 Å². The van der Waals surface area contributed by atoms with Crippen LogP contribution in [0.25, 0.3) is 0 Å². The average Bonchev–Trinajstić information content (AvgIpc) is 3.32. The molecule has 0 radical (unpaired) electrons. The topological polar surface area (TPSA) is 62.8 Å². The molecule has 0 unspecified atom stereocenters. The van der Waals surface area contributed by atoms with Crippen LogP contribution in [0.3, 0.4) is 0 Å². The summed E-state index contributed by atoms with van der Waals surface area (Å²) in [4.78, 5) is 4.76. The third kappa shape index (κ3) is 3.62. The summed E-state index contributed by atoms with van der Waals surface area (Å²) < 4.78 is 6.31. The van der Waals surface area contributed by atoms with Gasteiger partial charge in [0.15, 0.2) is 0 Å². The Morgan fingerprint density at radius 2 is 2.04 bits per heavy atom. The number of ether oxygens (including phenoxy) is 1. The zero-order valence-electron chi connectivity index (χ0n) is 14.8. The Bertz CT molecular complexity index is 652. The number of rotatable bonds is 6. The largest absolute Gasteiger partial charge is 0.375 e. The van der Waals surface area contributed by atoms with Crippen LogP contribution in [0.1, 0.15) is 56.3 Å². The third-order valence-corrected chi connectivity index (χ3v) is 6.03. The van der Waals surface area contributed by atoms with Gasteiger partial charge in [0.05, 0.1) is 5.60 Å². The fourth-order valence-corrected chi connectivity index (χ4v) is 4.73. The van der Waals surface area contributed by atoms with Gasteiger partial charge in [-0.25, -0.2) is 0 Å². The van der Waals surface area contributed by atoms with Crippen LogP contribution in [0.2, 0.25) is 0 Å². The lowest BCUT2D eigenvalue weighted by atomic mass is 9.68. The van der Waals surface area contributed by atoms with Crippen molar-refractivity contribution in [3.8, 4) is 0 Å². The molecule has 0 amide bonds. The van der Waals surface area contributed by atoms with Gasteiger partial charge in [0.2, 0.25) is 0 Å². The molecule has 1 spiro atoms. The molecule has 2 aromatic rings. The van der Waals surface area contributed by atoms with Crippen molar-refractivity contribution in [1.29, 1.82) is 0 Å². The van der Waals surface area contributed by atoms with E-state index in [0.717, 1.165) is 44.7 Å². The molecule has 3 heterocycles. The predicted octanol–water partition coefficient (Wildman–Crippen LogP) is 3.35. The molecular formula is C20H28N4O. The van der Waals surface area contributed by atoms with Gasteiger partial charge in [-0.3, -0.25) is 10.1 Å². The molecule has 2 aliphatic rings. The van der Waals surface area contributed by atoms with Crippen LogP contribution >= 0.6 is 0 Å². The first-order chi connectivity index (χ1) is 12.3. The summed E-state index contributed by atoms with van der Waals surface area (Å²) in [6, 6.07) is 8.36. The highest BCUT2D eigenvalue weighted by Crippen LogP contribution is 2.49. The minimum atomic E-state index is 0.0964. The van der Waals surface area contributed by atoms with E-state index in [4.69, 9.17) is 9.72 Å². The predicted molar refractivity (Wildman–Crippen MR) is 97.2 cm³/mol. The second-order valence-electron chi connectivity index (χ2n) is 7.67. The Kier molecular flexibility index (Phi) is 4.86. The fourth-order valence-electron chi connectivity index (χ4n) is 4.73. The van der Waals surface area contributed by atoms with Crippen molar-refractivity contribution in [3.63, 3.8) is 0 Å². The summed E-state index contributed by atoms with van der Waals surface area (Å²) in [7, 11) is 0. The number of pyridine rings is 1. The molecule has 5 heteroatoms. The van der Waals surface area contributed by atoms with Crippen LogP contribution in [-0.4, -0.2) is 33.9 Å². The molecule has 25 heavy (non-hydrogen) atoms. The molecule has 1 saturated heterocycles. The van der Waals surface area contributed by atoms with Crippen LogP contribution in [0.15, 0.2) is 36.7 Å². The molecule has 1 aliphatic carbocycles. The standard InChI is InChI=1S/C20H28N4O/c1-4-11-22-18(5-1)19(9-13-21-15-17-6-12-23-24-17)10-14-25-20(16-19)7-2-3-8-20/h1,4-6,11-12,21H,2-3,7-10,13-16H2,(H,23,24)/t19-/m0/s1. The number of aromatic amines is 1. The summed E-state index contributed by atoms with van der Waals surface area (Å²) in [5.41, 5.74) is 2.60. The summed E-state index contributed by atoms with van der Waals surface area (Å²) in [5.74, 6) is 0. The quantitative estimate of drug-likeness (QED) is 0.792. The molecule has 5 nitrogen and oxygen atoms in total. The smallest absolute Gasteiger partial charge is 0.0691 e. The molecule has 1 saturated carbocycles. The summed E-state index contributed by atoms with van der Waals surface area (Å²) in [6.07, 6.45) is 12.0. The maximum absolute atomic E-state index is 6.31. The van der Waals surface area contributed by atoms with Gasteiger partial charge in [0.25, 0.3) is 0 Å². The highest BCUT2D eigenvalue weighted by Gasteiger charge is 2.48. The van der Waals surface area contributed by atoms with Crippen molar-refractivity contribution in [2.45, 2.75) is 62.5 Å². The van der Waals surface area contributed by atoms with E-state index in [0.29, 0.717) is 0 Å². The van der Waals surface area contributed by atoms with E-state index in [2.05, 4.69) is 27.6 Å². The number of aromatic nitrogens is 3. The van der Waals surface area contributed by atoms with Gasteiger partial charge in [-0.15, -0.1) is 0 Å². The monoisotopic (exact) mass is 340 g/mol. The molecule has 1 atom stereocenters. The molecular weight excluding hydrogens is 312 g/mol. The maximum Gasteiger partial charge on any atom is 0.0691 e. The Morgan fingerprint density at radius 3 is 2.80 bits per heavy atom. The van der Waals surface area contributed by atoms with E-state index >= 15 is 0 Å². The van der Waals surface area contributed by atoms with Crippen LogP contribution in [0.4, 0.5) is 0 Å². The first-order valence-corrected chi connectivity index (χ1v) is 9.55. The Hall–Kier alpha value is -1.72. The van der Waals surface area contributed by atoms with E-state index in [9.17, 15) is 0 Å². The number of nitrogens with zero attached hydrogens (tertiary/aromatic N) is 2. The van der Waals surface area contributed by atoms with Gasteiger partial charge in [0.1, 0.15) is 0 Å². The van der Waals surface area contributed by atoms with Crippen LogP contribution in [0, 0.1) is 0 Å². The second-order valence-corrected chi connectivity index (χ2v) is 7.67. The lowest BCUT2D eigenvalue weighted by Crippen LogP contribution is -2.47. The lowest BCUT2D eigenvalue weighted by molar-refractivity contribution is -0.104. The van der Waals surface area contributed by atoms with Crippen molar-refractivity contribution >= 4 is 0 Å². The number of H-pyrrole nitrogens is 1. The van der Waals surface area contributed by atoms with Crippen LogP contribution in [0.5, 0.6) is 0 Å². The minimum absolute atomic E-state index is 0.0964. The molecule has 2 N–H and O–H groups in total. The molecule has 2 aromatic heterocycles. The van der Waals surface area contributed by atoms with Crippen molar-refractivity contribution < 1.29 is 4.74 Å². The fraction of sp³-hybridized carbons (Fsp3) is 0.600. The number of nitrogens with one attached hydrogen (secondary N) is 2. The molecule has 2 fully saturated rings. The van der Waals surface area contributed by atoms with Gasteiger partial charge in [-0.05, 0) is 56.8 Å². The first kappa shape index (κ1) is 16.7. The Morgan fingerprint density at radius 1 is 1.12 bits per heavy atom. The van der Waals surface area contributed by atoms with E-state index in [1.165, 1.54) is 31.4 Å². The molecule has 4 rings (SSSR count). The van der Waals surface area contributed by atoms with E-state index in [-0.39, 0.29) is 11.0 Å². The lowest BCUT2D eigenvalue weighted by Gasteiger charge is -2.46. The Balaban J connectivity index is 1.48. The summed E-state index contributed by atoms with van der Waals surface area (Å²) >= 11 is 0. The molecule has 134 valence electrons. The zero-order chi connectivity index (χ0) is 17.0. The normalized spacial score (nSPS) is 25.4. The van der Waals surface area contributed by atoms with Crippen molar-refractivity contribution in [2.24, 2.45) is 0 Å². The minimum Gasteiger partial charge on any atom is -0.375 e. The number of hydrogen-bond acceptors (Lipinski definition) is 4. The van der Waals surface area contributed by atoms with Crippen molar-refractivity contribution in [1.82, 2.24) is 20.5 Å². The highest BCUT2D eigenvalue weighted by molar-refractivity contribution is 5.20. The number of hydrogen-bond donors (Lipinski definition) is 2. The SMILES string of the molecule is c1ccc([C@@]2(CCNCc3ccn[nH]3)CCOC3(CCCC3)C2)nc1. The van der Waals surface area contributed by atoms with Gasteiger partial charge < -0.3 is 10.1 Å². The molecule has 0 bridgehead atoms. The van der Waals surface area contributed by atoms with Crippen LogP contribution in [-0.2, 0) is 16.7 Å². The Labute approximate surface area is 149 Å². The third-order valence-electron chi connectivity index (χ3n) is 6.03. The van der Waals surface area contributed by atoms with E-state index < -0.39 is 0 Å². The van der Waals surface area contributed by atoms with E-state index in [1.807, 2.05) is 18.3 Å². The average molecular weight is 340 g/mol. The molecule has 1 aliphatic heterocycles. The van der Waals surface area contributed by atoms with Gasteiger partial charge in [0, 0.05) is 42.3 Å². The summed E-state index contributed by atoms with van der Waals surface area (Å²) in [6.45, 7) is 2.67. The van der Waals surface area contributed by atoms with Crippen molar-refractivity contribution in [2.75, 3.05) is 13.2 Å². The maximum atomic E-state index is 6.31. The van der Waals surface area contributed by atoms with Crippen LogP contribution < -0.4 is 5.32 Å². The summed E-state index contributed by atoms with van der Waals surface area (Å²) in [5, 5.41) is 10.6. The van der Waals surface area contributed by atoms with Gasteiger partial charge in [-0.2, -0.15) is 5.10 Å². The highest BCUT2D eigenvalue weighted by atomic mass is 16.5. The van der Waals surface area contributed by atoms with E-state index in [1.54, 1.807) is 6.20 Å². The first-order valence-electron chi connectivity index (χ1n) is 9.55. The molecule has 0 aromatic carbocycles. The second kappa shape index (κ2) is 7.26. The van der Waals surface area contributed by atoms with Gasteiger partial charge >= 0.3 is 0 Å². The zero-order valence-corrected chi connectivity index (χ0v) is 14.8.